The van der Waals surface area contributed by atoms with Gasteiger partial charge in [-0.3, -0.25) is 4.79 Å². The summed E-state index contributed by atoms with van der Waals surface area (Å²) in [5.41, 5.74) is -0.621. The molecule has 2 unspecified atom stereocenters. The van der Waals surface area contributed by atoms with Gasteiger partial charge >= 0.3 is 5.97 Å². The molecule has 0 radical (unpaired) electrons. The van der Waals surface area contributed by atoms with Crippen LogP contribution in [0, 0.1) is 17.3 Å². The van der Waals surface area contributed by atoms with Crippen LogP contribution in [0.2, 0.25) is 0 Å². The Morgan fingerprint density at radius 3 is 2.58 bits per heavy atom. The van der Waals surface area contributed by atoms with Crippen molar-refractivity contribution in [3.05, 3.63) is 11.1 Å². The van der Waals surface area contributed by atoms with Crippen molar-refractivity contribution in [3.8, 4) is 0 Å². The standard InChI is InChI=1S/C13H16BrN3O2/c14-11-15-7-17(16-11)13-4-8-1-9(5-13)3-12(2-8,6-13)10(18)19/h7-9H,1-6H2,(H,18,19). The van der Waals surface area contributed by atoms with Gasteiger partial charge < -0.3 is 5.11 Å². The lowest BCUT2D eigenvalue weighted by molar-refractivity contribution is -0.173. The van der Waals surface area contributed by atoms with Gasteiger partial charge in [-0.15, -0.1) is 5.10 Å². The summed E-state index contributed by atoms with van der Waals surface area (Å²) in [7, 11) is 0. The van der Waals surface area contributed by atoms with Crippen LogP contribution in [0.5, 0.6) is 0 Å². The lowest BCUT2D eigenvalue weighted by atomic mass is 9.47. The largest absolute Gasteiger partial charge is 0.481 e. The summed E-state index contributed by atoms with van der Waals surface area (Å²) in [6.45, 7) is 0. The number of halogens is 1. The molecule has 0 spiro atoms. The third-order valence-electron chi connectivity index (χ3n) is 5.43. The number of hydrogen-bond acceptors (Lipinski definition) is 3. The molecule has 4 aliphatic rings. The Morgan fingerprint density at radius 2 is 2.05 bits per heavy atom. The second-order valence-electron chi connectivity index (χ2n) is 6.73. The van der Waals surface area contributed by atoms with Crippen molar-refractivity contribution in [3.63, 3.8) is 0 Å². The van der Waals surface area contributed by atoms with Gasteiger partial charge in [-0.2, -0.15) is 0 Å². The molecule has 4 saturated carbocycles. The molecule has 102 valence electrons. The van der Waals surface area contributed by atoms with Gasteiger partial charge in [-0.1, -0.05) is 0 Å². The maximum absolute atomic E-state index is 11.8. The molecular formula is C13H16BrN3O2. The van der Waals surface area contributed by atoms with E-state index < -0.39 is 11.4 Å². The first kappa shape index (κ1) is 11.9. The van der Waals surface area contributed by atoms with E-state index >= 15 is 0 Å². The van der Waals surface area contributed by atoms with Crippen molar-refractivity contribution in [1.82, 2.24) is 14.8 Å². The number of carbonyl (C=O) groups is 1. The molecule has 4 fully saturated rings. The number of aromatic nitrogens is 3. The Bertz CT molecular complexity index is 542. The fourth-order valence-electron chi connectivity index (χ4n) is 5.20. The molecule has 5 rings (SSSR count). The van der Waals surface area contributed by atoms with Crippen molar-refractivity contribution in [1.29, 1.82) is 0 Å². The van der Waals surface area contributed by atoms with E-state index in [1.807, 2.05) is 4.68 Å². The molecule has 0 aliphatic heterocycles. The molecule has 1 aromatic rings. The average molecular weight is 326 g/mol. The smallest absolute Gasteiger partial charge is 0.309 e. The first-order chi connectivity index (χ1) is 9.01. The highest BCUT2D eigenvalue weighted by molar-refractivity contribution is 9.10. The molecule has 6 heteroatoms. The molecule has 1 aromatic heterocycles. The van der Waals surface area contributed by atoms with Crippen LogP contribution in [0.4, 0.5) is 0 Å². The second kappa shape index (κ2) is 3.59. The third-order valence-corrected chi connectivity index (χ3v) is 5.80. The molecule has 4 bridgehead atoms. The summed E-state index contributed by atoms with van der Waals surface area (Å²) < 4.78 is 2.53. The van der Waals surface area contributed by atoms with Crippen LogP contribution >= 0.6 is 15.9 Å². The molecular weight excluding hydrogens is 310 g/mol. The molecule has 5 nitrogen and oxygen atoms in total. The monoisotopic (exact) mass is 325 g/mol. The van der Waals surface area contributed by atoms with Gasteiger partial charge in [0.15, 0.2) is 0 Å². The fourth-order valence-corrected chi connectivity index (χ4v) is 5.47. The van der Waals surface area contributed by atoms with Crippen LogP contribution in [0.3, 0.4) is 0 Å². The van der Waals surface area contributed by atoms with Crippen LogP contribution < -0.4 is 0 Å². The number of rotatable bonds is 2. The molecule has 1 heterocycles. The Morgan fingerprint density at radius 1 is 1.37 bits per heavy atom. The summed E-state index contributed by atoms with van der Waals surface area (Å²) in [5.74, 6) is 0.478. The summed E-state index contributed by atoms with van der Waals surface area (Å²) in [5, 5.41) is 14.1. The van der Waals surface area contributed by atoms with E-state index in [-0.39, 0.29) is 5.54 Å². The maximum Gasteiger partial charge on any atom is 0.309 e. The molecule has 0 aromatic carbocycles. The minimum atomic E-state index is -0.606. The van der Waals surface area contributed by atoms with Crippen molar-refractivity contribution in [2.45, 2.75) is 44.1 Å². The van der Waals surface area contributed by atoms with Crippen molar-refractivity contribution < 1.29 is 9.90 Å². The maximum atomic E-state index is 11.8. The van der Waals surface area contributed by atoms with Gasteiger partial charge in [0, 0.05) is 0 Å². The molecule has 2 atom stereocenters. The summed E-state index contributed by atoms with van der Waals surface area (Å²) in [6.07, 6.45) is 7.52. The van der Waals surface area contributed by atoms with Gasteiger partial charge in [0.1, 0.15) is 6.33 Å². The minimum absolute atomic E-state index is 0.110. The van der Waals surface area contributed by atoms with Crippen LogP contribution in [-0.4, -0.2) is 25.8 Å². The summed E-state index contributed by atoms with van der Waals surface area (Å²) in [6, 6.07) is 0. The molecule has 1 N–H and O–H groups in total. The molecule has 0 saturated heterocycles. The van der Waals surface area contributed by atoms with E-state index in [4.69, 9.17) is 0 Å². The first-order valence-electron chi connectivity index (χ1n) is 6.82. The highest BCUT2D eigenvalue weighted by atomic mass is 79.9. The number of carboxylic acid groups (broad SMARTS) is 1. The van der Waals surface area contributed by atoms with Crippen molar-refractivity contribution >= 4 is 21.9 Å². The Kier molecular flexibility index (Phi) is 2.25. The zero-order chi connectivity index (χ0) is 13.3. The number of aliphatic carboxylic acids is 1. The quantitative estimate of drug-likeness (QED) is 0.906. The number of carboxylic acids is 1. The van der Waals surface area contributed by atoms with Gasteiger partial charge in [-0.05, 0) is 66.3 Å². The Balaban J connectivity index is 1.80. The molecule has 0 amide bonds. The highest BCUT2D eigenvalue weighted by Gasteiger charge is 2.62. The zero-order valence-corrected chi connectivity index (χ0v) is 12.1. The molecule has 4 aliphatic carbocycles. The minimum Gasteiger partial charge on any atom is -0.481 e. The Hall–Kier alpha value is -0.910. The lowest BCUT2D eigenvalue weighted by Gasteiger charge is -2.60. The zero-order valence-electron chi connectivity index (χ0n) is 10.5. The normalized spacial score (nSPS) is 43.6. The third kappa shape index (κ3) is 1.55. The van der Waals surface area contributed by atoms with Gasteiger partial charge in [0.25, 0.3) is 0 Å². The molecule has 19 heavy (non-hydrogen) atoms. The van der Waals surface area contributed by atoms with Crippen LogP contribution in [-0.2, 0) is 10.3 Å². The first-order valence-corrected chi connectivity index (χ1v) is 7.62. The second-order valence-corrected chi connectivity index (χ2v) is 7.44. The lowest BCUT2D eigenvalue weighted by Crippen LogP contribution is -2.59. The van der Waals surface area contributed by atoms with Crippen LogP contribution in [0.15, 0.2) is 11.1 Å². The van der Waals surface area contributed by atoms with E-state index in [1.165, 1.54) is 6.42 Å². The van der Waals surface area contributed by atoms with Crippen molar-refractivity contribution in [2.24, 2.45) is 17.3 Å². The number of nitrogens with zero attached hydrogens (tertiary/aromatic N) is 3. The van der Waals surface area contributed by atoms with E-state index in [0.29, 0.717) is 16.6 Å². The van der Waals surface area contributed by atoms with E-state index in [2.05, 4.69) is 26.0 Å². The fraction of sp³-hybridized carbons (Fsp3) is 0.769. The van der Waals surface area contributed by atoms with Gasteiger partial charge in [0.2, 0.25) is 4.73 Å². The average Bonchev–Trinajstić information content (AvgIpc) is 2.74. The van der Waals surface area contributed by atoms with E-state index in [1.54, 1.807) is 6.33 Å². The van der Waals surface area contributed by atoms with Crippen LogP contribution in [0.1, 0.15) is 38.5 Å². The predicted molar refractivity (Wildman–Crippen MR) is 70.4 cm³/mol. The van der Waals surface area contributed by atoms with Gasteiger partial charge in [-0.25, -0.2) is 9.67 Å². The summed E-state index contributed by atoms with van der Waals surface area (Å²) in [4.78, 5) is 15.9. The predicted octanol–water partition coefficient (Wildman–Crippen LogP) is 2.42. The number of hydrogen-bond donors (Lipinski definition) is 1. The topological polar surface area (TPSA) is 68.0 Å². The SMILES string of the molecule is O=C(O)C12CC3CC(C1)CC(n1cnc(Br)n1)(C3)C2. The van der Waals surface area contributed by atoms with Crippen molar-refractivity contribution in [2.75, 3.05) is 0 Å². The van der Waals surface area contributed by atoms with E-state index in [9.17, 15) is 9.90 Å². The van der Waals surface area contributed by atoms with Crippen LogP contribution in [0.25, 0.3) is 0 Å². The van der Waals surface area contributed by atoms with Gasteiger partial charge in [0.05, 0.1) is 11.0 Å². The summed E-state index contributed by atoms with van der Waals surface area (Å²) >= 11 is 3.29. The van der Waals surface area contributed by atoms with E-state index in [0.717, 1.165) is 32.1 Å². The Labute approximate surface area is 119 Å². The highest BCUT2D eigenvalue weighted by Crippen LogP contribution is 2.64.